The van der Waals surface area contributed by atoms with Crippen LogP contribution in [0.3, 0.4) is 0 Å². The third-order valence-electron chi connectivity index (χ3n) is 3.41. The van der Waals surface area contributed by atoms with Crippen molar-refractivity contribution >= 4 is 5.82 Å². The predicted octanol–water partition coefficient (Wildman–Crippen LogP) is 3.77. The Hall–Kier alpha value is -1.16. The van der Waals surface area contributed by atoms with Crippen molar-refractivity contribution in [2.24, 2.45) is 0 Å². The number of hydrogen-bond donors (Lipinski definition) is 1. The lowest BCUT2D eigenvalue weighted by Gasteiger charge is -2.27. The number of unbranched alkanes of at least 4 members (excludes halogenated alkanes) is 2. The van der Waals surface area contributed by atoms with E-state index in [4.69, 9.17) is 0 Å². The first-order chi connectivity index (χ1) is 9.83. The Bertz CT molecular complexity index is 392. The molecule has 1 rings (SSSR count). The molecular formula is C17H32N4. The molecule has 0 aliphatic heterocycles. The summed E-state index contributed by atoms with van der Waals surface area (Å²) in [5.74, 6) is 0.987. The fraction of sp³-hybridized carbons (Fsp3) is 0.765. The zero-order chi connectivity index (χ0) is 15.9. The summed E-state index contributed by atoms with van der Waals surface area (Å²) in [6.07, 6.45) is 7.53. The fourth-order valence-corrected chi connectivity index (χ4v) is 2.11. The van der Waals surface area contributed by atoms with Gasteiger partial charge in [0.2, 0.25) is 0 Å². The summed E-state index contributed by atoms with van der Waals surface area (Å²) in [6, 6.07) is 0.453. The highest BCUT2D eigenvalue weighted by Crippen LogP contribution is 2.14. The van der Waals surface area contributed by atoms with Gasteiger partial charge in [-0.25, -0.2) is 4.98 Å². The van der Waals surface area contributed by atoms with Gasteiger partial charge in [0.05, 0.1) is 18.1 Å². The Morgan fingerprint density at radius 1 is 1.14 bits per heavy atom. The zero-order valence-corrected chi connectivity index (χ0v) is 14.6. The average molecular weight is 292 g/mol. The number of rotatable bonds is 8. The molecule has 1 aromatic heterocycles. The van der Waals surface area contributed by atoms with Crippen molar-refractivity contribution in [1.29, 1.82) is 0 Å². The summed E-state index contributed by atoms with van der Waals surface area (Å²) in [7, 11) is 0. The lowest BCUT2D eigenvalue weighted by molar-refractivity contribution is 0.421. The third kappa shape index (κ3) is 6.89. The molecule has 0 bridgehead atoms. The zero-order valence-electron chi connectivity index (χ0n) is 14.6. The molecule has 0 aromatic carbocycles. The van der Waals surface area contributed by atoms with Crippen molar-refractivity contribution in [2.75, 3.05) is 11.4 Å². The van der Waals surface area contributed by atoms with Crippen LogP contribution in [0.25, 0.3) is 0 Å². The SMILES string of the molecule is CCCCCN(c1cnc(CNC(C)(C)C)cn1)C(C)C. The number of anilines is 1. The second-order valence-corrected chi connectivity index (χ2v) is 6.96. The van der Waals surface area contributed by atoms with Crippen molar-refractivity contribution in [3.63, 3.8) is 0 Å². The molecule has 1 N–H and O–H groups in total. The molecule has 0 aliphatic carbocycles. The largest absolute Gasteiger partial charge is 0.353 e. The Labute approximate surface area is 130 Å². The molecule has 0 saturated heterocycles. The van der Waals surface area contributed by atoms with Crippen LogP contribution in [-0.4, -0.2) is 28.1 Å². The number of aromatic nitrogens is 2. The molecule has 0 saturated carbocycles. The van der Waals surface area contributed by atoms with Crippen molar-refractivity contribution in [3.8, 4) is 0 Å². The van der Waals surface area contributed by atoms with Crippen LogP contribution in [0.5, 0.6) is 0 Å². The summed E-state index contributed by atoms with van der Waals surface area (Å²) in [5.41, 5.74) is 1.09. The van der Waals surface area contributed by atoms with Crippen LogP contribution in [0.2, 0.25) is 0 Å². The minimum atomic E-state index is 0.102. The van der Waals surface area contributed by atoms with Gasteiger partial charge in [0.15, 0.2) is 0 Å². The number of hydrogen-bond acceptors (Lipinski definition) is 4. The molecule has 0 aliphatic rings. The van der Waals surface area contributed by atoms with Crippen LogP contribution >= 0.6 is 0 Å². The summed E-state index contributed by atoms with van der Waals surface area (Å²) < 4.78 is 0. The van der Waals surface area contributed by atoms with Crippen LogP contribution in [0.15, 0.2) is 12.4 Å². The molecule has 0 amide bonds. The maximum absolute atomic E-state index is 4.60. The normalized spacial score (nSPS) is 12.0. The third-order valence-corrected chi connectivity index (χ3v) is 3.41. The molecule has 0 spiro atoms. The van der Waals surface area contributed by atoms with E-state index in [0.717, 1.165) is 24.6 Å². The Balaban J connectivity index is 2.64. The predicted molar refractivity (Wildman–Crippen MR) is 90.6 cm³/mol. The van der Waals surface area contributed by atoms with Gasteiger partial charge >= 0.3 is 0 Å². The maximum Gasteiger partial charge on any atom is 0.147 e. The molecule has 0 unspecified atom stereocenters. The molecule has 4 nitrogen and oxygen atoms in total. The minimum absolute atomic E-state index is 0.102. The summed E-state index contributed by atoms with van der Waals surface area (Å²) >= 11 is 0. The van der Waals surface area contributed by atoms with E-state index in [1.165, 1.54) is 19.3 Å². The smallest absolute Gasteiger partial charge is 0.147 e. The van der Waals surface area contributed by atoms with E-state index in [9.17, 15) is 0 Å². The van der Waals surface area contributed by atoms with Crippen molar-refractivity contribution < 1.29 is 0 Å². The van der Waals surface area contributed by atoms with Crippen molar-refractivity contribution in [3.05, 3.63) is 18.1 Å². The van der Waals surface area contributed by atoms with E-state index in [1.54, 1.807) is 0 Å². The Morgan fingerprint density at radius 2 is 1.86 bits per heavy atom. The number of nitrogens with one attached hydrogen (secondary N) is 1. The van der Waals surface area contributed by atoms with Crippen LogP contribution in [0, 0.1) is 0 Å². The molecule has 0 atom stereocenters. The van der Waals surface area contributed by atoms with E-state index in [-0.39, 0.29) is 5.54 Å². The van der Waals surface area contributed by atoms with Gasteiger partial charge in [-0.2, -0.15) is 0 Å². The lowest BCUT2D eigenvalue weighted by Crippen LogP contribution is -2.35. The van der Waals surface area contributed by atoms with Gasteiger partial charge < -0.3 is 10.2 Å². The van der Waals surface area contributed by atoms with E-state index >= 15 is 0 Å². The molecule has 120 valence electrons. The molecule has 1 aromatic rings. The number of nitrogens with zero attached hydrogens (tertiary/aromatic N) is 3. The molecule has 0 radical (unpaired) electrons. The summed E-state index contributed by atoms with van der Waals surface area (Å²) in [6.45, 7) is 14.9. The summed E-state index contributed by atoms with van der Waals surface area (Å²) in [4.78, 5) is 11.5. The van der Waals surface area contributed by atoms with Gasteiger partial charge in [0.1, 0.15) is 5.82 Å². The van der Waals surface area contributed by atoms with Gasteiger partial charge in [0, 0.05) is 24.7 Å². The van der Waals surface area contributed by atoms with Crippen LogP contribution in [0.4, 0.5) is 5.82 Å². The fourth-order valence-electron chi connectivity index (χ4n) is 2.11. The molecule has 4 heteroatoms. The molecule has 0 fully saturated rings. The van der Waals surface area contributed by atoms with E-state index in [1.807, 2.05) is 12.4 Å². The quantitative estimate of drug-likeness (QED) is 0.741. The average Bonchev–Trinajstić information content (AvgIpc) is 2.41. The first kappa shape index (κ1) is 17.9. The van der Waals surface area contributed by atoms with E-state index < -0.39 is 0 Å². The van der Waals surface area contributed by atoms with E-state index in [0.29, 0.717) is 6.04 Å². The Kier molecular flexibility index (Phi) is 7.09. The van der Waals surface area contributed by atoms with Gasteiger partial charge in [-0.05, 0) is 41.0 Å². The van der Waals surface area contributed by atoms with Gasteiger partial charge in [-0.1, -0.05) is 19.8 Å². The van der Waals surface area contributed by atoms with Crippen LogP contribution in [-0.2, 0) is 6.54 Å². The molecule has 1 heterocycles. The highest BCUT2D eigenvalue weighted by atomic mass is 15.2. The lowest BCUT2D eigenvalue weighted by atomic mass is 10.1. The second kappa shape index (κ2) is 8.32. The maximum atomic E-state index is 4.60. The highest BCUT2D eigenvalue weighted by molar-refractivity contribution is 5.36. The van der Waals surface area contributed by atoms with Crippen LogP contribution < -0.4 is 10.2 Å². The second-order valence-electron chi connectivity index (χ2n) is 6.96. The molecular weight excluding hydrogens is 260 g/mol. The van der Waals surface area contributed by atoms with Crippen LogP contribution in [0.1, 0.15) is 66.5 Å². The highest BCUT2D eigenvalue weighted by Gasteiger charge is 2.13. The van der Waals surface area contributed by atoms with E-state index in [2.05, 4.69) is 61.7 Å². The van der Waals surface area contributed by atoms with Gasteiger partial charge in [-0.15, -0.1) is 0 Å². The Morgan fingerprint density at radius 3 is 2.33 bits per heavy atom. The minimum Gasteiger partial charge on any atom is -0.353 e. The topological polar surface area (TPSA) is 41.1 Å². The summed E-state index contributed by atoms with van der Waals surface area (Å²) in [5, 5.41) is 3.44. The first-order valence-corrected chi connectivity index (χ1v) is 8.16. The van der Waals surface area contributed by atoms with Crippen molar-refractivity contribution in [2.45, 2.75) is 78.9 Å². The van der Waals surface area contributed by atoms with Gasteiger partial charge in [-0.3, -0.25) is 4.98 Å². The standard InChI is InChI=1S/C17H32N4/c1-7-8-9-10-21(14(2)3)16-13-18-15(11-19-16)12-20-17(4,5)6/h11,13-14,20H,7-10,12H2,1-6H3. The van der Waals surface area contributed by atoms with Gasteiger partial charge in [0.25, 0.3) is 0 Å². The first-order valence-electron chi connectivity index (χ1n) is 8.16. The molecule has 21 heavy (non-hydrogen) atoms. The monoisotopic (exact) mass is 292 g/mol. The van der Waals surface area contributed by atoms with Crippen molar-refractivity contribution in [1.82, 2.24) is 15.3 Å².